The van der Waals surface area contributed by atoms with Crippen molar-refractivity contribution in [2.75, 3.05) is 6.61 Å². The zero-order chi connectivity index (χ0) is 11.1. The Kier molecular flexibility index (Phi) is 5.87. The smallest absolute Gasteiger partial charge is 0.326 e. The topological polar surface area (TPSA) is 75.6 Å². The Bertz CT molecular complexity index is 205. The summed E-state index contributed by atoms with van der Waals surface area (Å²) in [5, 5.41) is 11.1. The third-order valence-corrected chi connectivity index (χ3v) is 1.81. The molecule has 0 aliphatic heterocycles. The highest BCUT2D eigenvalue weighted by Crippen LogP contribution is 1.95. The molecule has 0 radical (unpaired) electrons. The summed E-state index contributed by atoms with van der Waals surface area (Å²) in [5.74, 6) is -1.41. The lowest BCUT2D eigenvalue weighted by molar-refractivity contribution is -0.144. The van der Waals surface area contributed by atoms with Gasteiger partial charge < -0.3 is 15.2 Å². The lowest BCUT2D eigenvalue weighted by atomic mass is 10.2. The van der Waals surface area contributed by atoms with Crippen LogP contribution in [0, 0.1) is 0 Å². The fraction of sp³-hybridized carbons (Fsp3) is 0.778. The van der Waals surface area contributed by atoms with E-state index in [0.717, 1.165) is 0 Å². The van der Waals surface area contributed by atoms with E-state index < -0.39 is 18.1 Å². The van der Waals surface area contributed by atoms with Crippen LogP contribution in [0.15, 0.2) is 0 Å². The molecule has 2 N–H and O–H groups in total. The quantitative estimate of drug-likeness (QED) is 0.654. The first-order valence-electron chi connectivity index (χ1n) is 4.67. The van der Waals surface area contributed by atoms with Gasteiger partial charge in [-0.1, -0.05) is 6.92 Å². The van der Waals surface area contributed by atoms with Gasteiger partial charge in [0.1, 0.15) is 12.1 Å². The minimum Gasteiger partial charge on any atom is -0.480 e. The Labute approximate surface area is 83.4 Å². The van der Waals surface area contributed by atoms with Crippen molar-refractivity contribution in [2.24, 2.45) is 0 Å². The molecule has 5 heteroatoms. The SMILES string of the molecule is CCOC(C)C(=O)NC(CC)C(=O)O. The van der Waals surface area contributed by atoms with E-state index in [0.29, 0.717) is 13.0 Å². The van der Waals surface area contributed by atoms with Crippen LogP contribution in [-0.4, -0.2) is 35.7 Å². The lowest BCUT2D eigenvalue weighted by Crippen LogP contribution is -2.45. The molecule has 0 aliphatic rings. The molecule has 82 valence electrons. The van der Waals surface area contributed by atoms with Crippen LogP contribution in [0.5, 0.6) is 0 Å². The first kappa shape index (κ1) is 12.9. The van der Waals surface area contributed by atoms with Crippen molar-refractivity contribution < 1.29 is 19.4 Å². The van der Waals surface area contributed by atoms with Crippen molar-refractivity contribution in [1.29, 1.82) is 0 Å². The predicted molar refractivity (Wildman–Crippen MR) is 50.9 cm³/mol. The summed E-state index contributed by atoms with van der Waals surface area (Å²) < 4.78 is 5.02. The van der Waals surface area contributed by atoms with Crippen LogP contribution in [0.3, 0.4) is 0 Å². The maximum atomic E-state index is 11.3. The van der Waals surface area contributed by atoms with E-state index in [4.69, 9.17) is 9.84 Å². The van der Waals surface area contributed by atoms with E-state index in [1.54, 1.807) is 20.8 Å². The van der Waals surface area contributed by atoms with Crippen molar-refractivity contribution in [1.82, 2.24) is 5.32 Å². The minimum absolute atomic E-state index is 0.361. The van der Waals surface area contributed by atoms with Crippen molar-refractivity contribution in [3.05, 3.63) is 0 Å². The van der Waals surface area contributed by atoms with Gasteiger partial charge in [-0.05, 0) is 20.3 Å². The van der Waals surface area contributed by atoms with Gasteiger partial charge in [-0.3, -0.25) is 4.79 Å². The molecule has 14 heavy (non-hydrogen) atoms. The third kappa shape index (κ3) is 4.23. The highest BCUT2D eigenvalue weighted by Gasteiger charge is 2.21. The van der Waals surface area contributed by atoms with Crippen LogP contribution in [0.25, 0.3) is 0 Å². The number of hydrogen-bond donors (Lipinski definition) is 2. The molecule has 0 aromatic heterocycles. The number of carbonyl (C=O) groups excluding carboxylic acids is 1. The number of ether oxygens (including phenoxy) is 1. The van der Waals surface area contributed by atoms with Crippen LogP contribution in [-0.2, 0) is 14.3 Å². The number of carboxylic acid groups (broad SMARTS) is 1. The summed E-state index contributed by atoms with van der Waals surface area (Å²) in [4.78, 5) is 21.9. The predicted octanol–water partition coefficient (Wildman–Crippen LogP) is 0.391. The Balaban J connectivity index is 4.08. The molecule has 5 nitrogen and oxygen atoms in total. The highest BCUT2D eigenvalue weighted by molar-refractivity contribution is 5.85. The summed E-state index contributed by atoms with van der Waals surface area (Å²) in [6, 6.07) is -0.828. The Morgan fingerprint density at radius 1 is 1.43 bits per heavy atom. The molecule has 0 aromatic rings. The Morgan fingerprint density at radius 3 is 2.36 bits per heavy atom. The minimum atomic E-state index is -1.02. The molecule has 0 rings (SSSR count). The second kappa shape index (κ2) is 6.37. The van der Waals surface area contributed by atoms with Gasteiger partial charge in [-0.2, -0.15) is 0 Å². The van der Waals surface area contributed by atoms with E-state index in [2.05, 4.69) is 5.32 Å². The van der Waals surface area contributed by atoms with Gasteiger partial charge in [0.15, 0.2) is 0 Å². The Hall–Kier alpha value is -1.10. The maximum absolute atomic E-state index is 11.3. The molecule has 0 heterocycles. The number of hydrogen-bond acceptors (Lipinski definition) is 3. The number of carboxylic acids is 1. The zero-order valence-electron chi connectivity index (χ0n) is 8.74. The summed E-state index contributed by atoms with van der Waals surface area (Å²) in [6.07, 6.45) is -0.242. The van der Waals surface area contributed by atoms with E-state index in [1.807, 2.05) is 0 Å². The molecule has 0 aliphatic carbocycles. The second-order valence-corrected chi connectivity index (χ2v) is 2.91. The van der Waals surface area contributed by atoms with Gasteiger partial charge in [0.25, 0.3) is 0 Å². The highest BCUT2D eigenvalue weighted by atomic mass is 16.5. The molecule has 2 unspecified atom stereocenters. The van der Waals surface area contributed by atoms with Crippen molar-refractivity contribution >= 4 is 11.9 Å². The van der Waals surface area contributed by atoms with Crippen molar-refractivity contribution in [3.63, 3.8) is 0 Å². The molecule has 0 bridgehead atoms. The second-order valence-electron chi connectivity index (χ2n) is 2.91. The normalized spacial score (nSPS) is 14.5. The number of nitrogens with one attached hydrogen (secondary N) is 1. The Morgan fingerprint density at radius 2 is 2.00 bits per heavy atom. The monoisotopic (exact) mass is 203 g/mol. The van der Waals surface area contributed by atoms with Crippen LogP contribution in [0.4, 0.5) is 0 Å². The van der Waals surface area contributed by atoms with E-state index in [-0.39, 0.29) is 5.91 Å². The molecule has 0 fully saturated rings. The third-order valence-electron chi connectivity index (χ3n) is 1.81. The molecule has 0 saturated carbocycles. The first-order chi connectivity index (χ1) is 6.52. The fourth-order valence-electron chi connectivity index (χ4n) is 0.953. The van der Waals surface area contributed by atoms with Gasteiger partial charge in [-0.25, -0.2) is 4.79 Å². The van der Waals surface area contributed by atoms with E-state index >= 15 is 0 Å². The average Bonchev–Trinajstić information content (AvgIpc) is 2.13. The first-order valence-corrected chi connectivity index (χ1v) is 4.67. The van der Waals surface area contributed by atoms with Crippen LogP contribution in [0.2, 0.25) is 0 Å². The van der Waals surface area contributed by atoms with E-state index in [1.165, 1.54) is 0 Å². The van der Waals surface area contributed by atoms with Gasteiger partial charge >= 0.3 is 5.97 Å². The number of carbonyl (C=O) groups is 2. The standard InChI is InChI=1S/C9H17NO4/c1-4-7(9(12)13)10-8(11)6(3)14-5-2/h6-7H,4-5H2,1-3H3,(H,10,11)(H,12,13). The number of rotatable bonds is 6. The van der Waals surface area contributed by atoms with Crippen LogP contribution in [0.1, 0.15) is 27.2 Å². The van der Waals surface area contributed by atoms with Gasteiger partial charge in [0.05, 0.1) is 0 Å². The van der Waals surface area contributed by atoms with Gasteiger partial charge in [-0.15, -0.1) is 0 Å². The molecular formula is C9H17NO4. The summed E-state index contributed by atoms with van der Waals surface area (Å²) in [5.41, 5.74) is 0. The van der Waals surface area contributed by atoms with Gasteiger partial charge in [0, 0.05) is 6.61 Å². The zero-order valence-corrected chi connectivity index (χ0v) is 8.74. The molecule has 0 spiro atoms. The summed E-state index contributed by atoms with van der Waals surface area (Å²) in [6.45, 7) is 5.49. The van der Waals surface area contributed by atoms with Crippen LogP contribution >= 0.6 is 0 Å². The molecule has 1 amide bonds. The van der Waals surface area contributed by atoms with Crippen molar-refractivity contribution in [2.45, 2.75) is 39.3 Å². The summed E-state index contributed by atoms with van der Waals surface area (Å²) >= 11 is 0. The van der Waals surface area contributed by atoms with E-state index in [9.17, 15) is 9.59 Å². The molecule has 2 atom stereocenters. The van der Waals surface area contributed by atoms with Crippen LogP contribution < -0.4 is 5.32 Å². The summed E-state index contributed by atoms with van der Waals surface area (Å²) in [7, 11) is 0. The maximum Gasteiger partial charge on any atom is 0.326 e. The molecule has 0 aromatic carbocycles. The largest absolute Gasteiger partial charge is 0.480 e. The average molecular weight is 203 g/mol. The van der Waals surface area contributed by atoms with Crippen molar-refractivity contribution in [3.8, 4) is 0 Å². The fourth-order valence-corrected chi connectivity index (χ4v) is 0.953. The number of aliphatic carboxylic acids is 1. The molecular weight excluding hydrogens is 186 g/mol. The number of amides is 1. The lowest BCUT2D eigenvalue weighted by Gasteiger charge is -2.16. The van der Waals surface area contributed by atoms with Gasteiger partial charge in [0.2, 0.25) is 5.91 Å². The molecule has 0 saturated heterocycles.